The molecule has 0 saturated carbocycles. The first kappa shape index (κ1) is 9.10. The molecule has 76 valence electrons. The first-order chi connectivity index (χ1) is 6.68. The molecule has 2 heterocycles. The van der Waals surface area contributed by atoms with Crippen molar-refractivity contribution in [1.82, 2.24) is 9.55 Å². The molecule has 1 aromatic rings. The third kappa shape index (κ3) is 1.47. The second-order valence-corrected chi connectivity index (χ2v) is 2.71. The highest BCUT2D eigenvalue weighted by Gasteiger charge is 2.20. The molecule has 7 heteroatoms. The minimum absolute atomic E-state index is 0.364. The van der Waals surface area contributed by atoms with Crippen molar-refractivity contribution in [2.24, 2.45) is 0 Å². The number of ether oxygens (including phenoxy) is 2. The van der Waals surface area contributed by atoms with E-state index in [0.29, 0.717) is 13.2 Å². The summed E-state index contributed by atoms with van der Waals surface area (Å²) in [6.45, 7) is 0.728. The van der Waals surface area contributed by atoms with Crippen LogP contribution in [0.15, 0.2) is 11.0 Å². The second-order valence-electron chi connectivity index (χ2n) is 2.71. The molecule has 0 radical (unpaired) electrons. The van der Waals surface area contributed by atoms with Crippen LogP contribution in [-0.2, 0) is 9.47 Å². The lowest BCUT2D eigenvalue weighted by atomic mass is 10.5. The number of hydrogen-bond acceptors (Lipinski definition) is 5. The third-order valence-corrected chi connectivity index (χ3v) is 1.77. The van der Waals surface area contributed by atoms with Gasteiger partial charge in [-0.25, -0.2) is 13.8 Å². The highest BCUT2D eigenvalue weighted by atomic mass is 19.1. The van der Waals surface area contributed by atoms with Gasteiger partial charge in [0.25, 0.3) is 0 Å². The Morgan fingerprint density at radius 2 is 2.21 bits per heavy atom. The van der Waals surface area contributed by atoms with Crippen molar-refractivity contribution in [3.05, 3.63) is 22.5 Å². The number of halogens is 1. The normalized spacial score (nSPS) is 17.5. The maximum absolute atomic E-state index is 13.0. The summed E-state index contributed by atoms with van der Waals surface area (Å²) < 4.78 is 23.9. The van der Waals surface area contributed by atoms with Gasteiger partial charge in [0.15, 0.2) is 11.6 Å². The molecule has 1 aromatic heterocycles. The summed E-state index contributed by atoms with van der Waals surface area (Å²) in [5.41, 5.74) is 4.41. The Labute approximate surface area is 78.1 Å². The fraction of sp³-hybridized carbons (Fsp3) is 0.429. The van der Waals surface area contributed by atoms with Gasteiger partial charge in [-0.15, -0.1) is 0 Å². The van der Waals surface area contributed by atoms with Crippen molar-refractivity contribution >= 4 is 5.82 Å². The van der Waals surface area contributed by atoms with Crippen LogP contribution in [0.5, 0.6) is 0 Å². The smallest absolute Gasteiger partial charge is 0.353 e. The first-order valence-electron chi connectivity index (χ1n) is 3.96. The van der Waals surface area contributed by atoms with Crippen molar-refractivity contribution < 1.29 is 13.9 Å². The van der Waals surface area contributed by atoms with Crippen LogP contribution < -0.4 is 11.4 Å². The fourth-order valence-electron chi connectivity index (χ4n) is 1.12. The summed E-state index contributed by atoms with van der Waals surface area (Å²) in [4.78, 5) is 14.5. The van der Waals surface area contributed by atoms with E-state index in [1.165, 1.54) is 0 Å². The highest BCUT2D eigenvalue weighted by molar-refractivity contribution is 5.26. The maximum Gasteiger partial charge on any atom is 0.353 e. The standard InChI is InChI=1S/C7H8FN3O3/c8-4-3-11(6(12)10-5(4)9)7-13-1-2-14-7/h3,7H,1-2H2,(H2,9,10,12). The summed E-state index contributed by atoms with van der Waals surface area (Å²) >= 11 is 0. The third-order valence-electron chi connectivity index (χ3n) is 1.77. The number of hydrogen-bond donors (Lipinski definition) is 1. The van der Waals surface area contributed by atoms with Crippen LogP contribution in [-0.4, -0.2) is 22.8 Å². The van der Waals surface area contributed by atoms with Gasteiger partial charge in [-0.2, -0.15) is 4.98 Å². The minimum Gasteiger partial charge on any atom is -0.381 e. The molecule has 0 unspecified atom stereocenters. The molecule has 0 amide bonds. The number of nitrogens with two attached hydrogens (primary N) is 1. The van der Waals surface area contributed by atoms with Gasteiger partial charge in [-0.05, 0) is 0 Å². The molecule has 1 saturated heterocycles. The molecule has 1 fully saturated rings. The van der Waals surface area contributed by atoms with E-state index >= 15 is 0 Å². The number of nitrogen functional groups attached to an aromatic ring is 1. The average Bonchev–Trinajstić information content (AvgIpc) is 2.64. The Kier molecular flexibility index (Phi) is 2.18. The molecule has 0 bridgehead atoms. The van der Waals surface area contributed by atoms with Crippen LogP contribution >= 0.6 is 0 Å². The molecule has 2 rings (SSSR count). The van der Waals surface area contributed by atoms with E-state index in [1.54, 1.807) is 0 Å². The lowest BCUT2D eigenvalue weighted by Crippen LogP contribution is -2.28. The summed E-state index contributed by atoms with van der Waals surface area (Å²) in [5.74, 6) is -1.20. The Bertz CT molecular complexity index is 400. The van der Waals surface area contributed by atoms with Crippen molar-refractivity contribution in [2.75, 3.05) is 18.9 Å². The van der Waals surface area contributed by atoms with Gasteiger partial charge in [0.05, 0.1) is 19.4 Å². The monoisotopic (exact) mass is 201 g/mol. The molecule has 0 spiro atoms. The maximum atomic E-state index is 13.0. The Morgan fingerprint density at radius 3 is 2.86 bits per heavy atom. The number of rotatable bonds is 1. The Hall–Kier alpha value is -1.47. The second kappa shape index (κ2) is 3.35. The van der Waals surface area contributed by atoms with Crippen LogP contribution in [0.1, 0.15) is 6.41 Å². The quantitative estimate of drug-likeness (QED) is 0.660. The minimum atomic E-state index is -0.898. The predicted octanol–water partition coefficient (Wildman–Crippen LogP) is -0.533. The van der Waals surface area contributed by atoms with Crippen molar-refractivity contribution in [1.29, 1.82) is 0 Å². The first-order valence-corrected chi connectivity index (χ1v) is 3.96. The molecule has 1 aliphatic rings. The molecule has 0 aliphatic carbocycles. The zero-order chi connectivity index (χ0) is 10.1. The van der Waals surface area contributed by atoms with Gasteiger partial charge in [-0.3, -0.25) is 0 Å². The van der Waals surface area contributed by atoms with Gasteiger partial charge in [0.2, 0.25) is 6.41 Å². The lowest BCUT2D eigenvalue weighted by molar-refractivity contribution is -0.104. The zero-order valence-electron chi connectivity index (χ0n) is 7.14. The number of nitrogens with zero attached hydrogens (tertiary/aromatic N) is 2. The van der Waals surface area contributed by atoms with Gasteiger partial charge < -0.3 is 15.2 Å². The molecule has 14 heavy (non-hydrogen) atoms. The summed E-state index contributed by atoms with van der Waals surface area (Å²) in [5, 5.41) is 0. The van der Waals surface area contributed by atoms with Gasteiger partial charge >= 0.3 is 5.69 Å². The summed E-state index contributed by atoms with van der Waals surface area (Å²) in [7, 11) is 0. The van der Waals surface area contributed by atoms with E-state index in [-0.39, 0.29) is 0 Å². The summed E-state index contributed by atoms with van der Waals surface area (Å²) in [6, 6.07) is 0. The van der Waals surface area contributed by atoms with Crippen molar-refractivity contribution in [3.8, 4) is 0 Å². The van der Waals surface area contributed by atoms with Crippen LogP contribution in [0.2, 0.25) is 0 Å². The molecule has 0 atom stereocenters. The van der Waals surface area contributed by atoms with Crippen LogP contribution in [0.4, 0.5) is 10.2 Å². The van der Waals surface area contributed by atoms with Crippen LogP contribution in [0.3, 0.4) is 0 Å². The number of anilines is 1. The molecular formula is C7H8FN3O3. The van der Waals surface area contributed by atoms with E-state index in [1.807, 2.05) is 0 Å². The molecule has 2 N–H and O–H groups in total. The SMILES string of the molecule is Nc1nc(=O)n(C2OCCO2)cc1F. The topological polar surface area (TPSA) is 79.4 Å². The van der Waals surface area contributed by atoms with E-state index < -0.39 is 23.7 Å². The molecule has 6 nitrogen and oxygen atoms in total. The Morgan fingerprint density at radius 1 is 1.57 bits per heavy atom. The van der Waals surface area contributed by atoms with Crippen molar-refractivity contribution in [3.63, 3.8) is 0 Å². The summed E-state index contributed by atoms with van der Waals surface area (Å²) in [6.07, 6.45) is 0.0193. The lowest BCUT2D eigenvalue weighted by Gasteiger charge is -2.11. The largest absolute Gasteiger partial charge is 0.381 e. The van der Waals surface area contributed by atoms with E-state index in [2.05, 4.69) is 4.98 Å². The Balaban J connectivity index is 2.42. The van der Waals surface area contributed by atoms with Gasteiger partial charge in [0.1, 0.15) is 0 Å². The van der Waals surface area contributed by atoms with Crippen molar-refractivity contribution in [2.45, 2.75) is 6.41 Å². The molecule has 1 aliphatic heterocycles. The van der Waals surface area contributed by atoms with Gasteiger partial charge in [0, 0.05) is 0 Å². The predicted molar refractivity (Wildman–Crippen MR) is 43.8 cm³/mol. The van der Waals surface area contributed by atoms with Gasteiger partial charge in [-0.1, -0.05) is 0 Å². The molecule has 0 aromatic carbocycles. The number of aromatic nitrogens is 2. The van der Waals surface area contributed by atoms with E-state index in [0.717, 1.165) is 10.8 Å². The van der Waals surface area contributed by atoms with Crippen LogP contribution in [0.25, 0.3) is 0 Å². The molecular weight excluding hydrogens is 193 g/mol. The fourth-order valence-corrected chi connectivity index (χ4v) is 1.12. The van der Waals surface area contributed by atoms with E-state index in [9.17, 15) is 9.18 Å². The zero-order valence-corrected chi connectivity index (χ0v) is 7.14. The van der Waals surface area contributed by atoms with E-state index in [4.69, 9.17) is 15.2 Å². The van der Waals surface area contributed by atoms with Crippen LogP contribution in [0, 0.1) is 5.82 Å². The average molecular weight is 201 g/mol. The highest BCUT2D eigenvalue weighted by Crippen LogP contribution is 2.14.